The van der Waals surface area contributed by atoms with E-state index in [9.17, 15) is 9.90 Å². The Morgan fingerprint density at radius 2 is 2.05 bits per heavy atom. The van der Waals surface area contributed by atoms with Crippen LogP contribution < -0.4 is 5.32 Å². The fraction of sp³-hybridized carbons (Fsp3) is 0.733. The van der Waals surface area contributed by atoms with Crippen molar-refractivity contribution in [2.45, 2.75) is 46.1 Å². The molecule has 1 rings (SSSR count). The van der Waals surface area contributed by atoms with Crippen molar-refractivity contribution in [3.05, 3.63) is 16.1 Å². The number of aromatic nitrogens is 1. The molecule has 0 radical (unpaired) electrons. The Hall–Kier alpha value is -0.980. The number of likely N-dealkylation sites (N-methyl/N-ethyl adjacent to an activating group) is 1. The number of aliphatic carboxylic acids is 1. The molecule has 0 aromatic carbocycles. The number of hydrogen-bond donors (Lipinski definition) is 2. The van der Waals surface area contributed by atoms with Crippen LogP contribution in [0.1, 0.15) is 51.4 Å². The zero-order valence-corrected chi connectivity index (χ0v) is 14.5. The van der Waals surface area contributed by atoms with Crippen molar-refractivity contribution in [3.8, 4) is 0 Å². The molecule has 0 saturated heterocycles. The Bertz CT molecular complexity index is 450. The standard InChI is InChI=1S/C15H27N3O2S/c1-6-18(7-2)9-8-16-12(13(19)20)11-10-21-14(17-11)15(3,4)5/h10,12,16H,6-9H2,1-5H3,(H,19,20). The molecule has 1 unspecified atom stereocenters. The lowest BCUT2D eigenvalue weighted by atomic mass is 9.98. The van der Waals surface area contributed by atoms with E-state index >= 15 is 0 Å². The van der Waals surface area contributed by atoms with Gasteiger partial charge in [0.1, 0.15) is 6.04 Å². The summed E-state index contributed by atoms with van der Waals surface area (Å²) >= 11 is 1.53. The van der Waals surface area contributed by atoms with Crippen LogP contribution in [-0.4, -0.2) is 47.1 Å². The zero-order chi connectivity index (χ0) is 16.0. The summed E-state index contributed by atoms with van der Waals surface area (Å²) in [4.78, 5) is 18.2. The highest BCUT2D eigenvalue weighted by atomic mass is 32.1. The molecule has 0 aliphatic rings. The number of carboxylic acid groups (broad SMARTS) is 1. The highest BCUT2D eigenvalue weighted by Crippen LogP contribution is 2.27. The van der Waals surface area contributed by atoms with E-state index in [2.05, 4.69) is 49.8 Å². The molecule has 1 heterocycles. The van der Waals surface area contributed by atoms with Gasteiger partial charge in [0.25, 0.3) is 0 Å². The van der Waals surface area contributed by atoms with E-state index in [1.807, 2.05) is 5.38 Å². The van der Waals surface area contributed by atoms with Gasteiger partial charge in [0.2, 0.25) is 0 Å². The summed E-state index contributed by atoms with van der Waals surface area (Å²) in [6.07, 6.45) is 0. The minimum absolute atomic E-state index is 0.0484. The van der Waals surface area contributed by atoms with Crippen LogP contribution in [0.3, 0.4) is 0 Å². The summed E-state index contributed by atoms with van der Waals surface area (Å²) in [6, 6.07) is -0.729. The normalized spacial score (nSPS) is 13.6. The molecule has 21 heavy (non-hydrogen) atoms. The number of hydrogen-bond acceptors (Lipinski definition) is 5. The molecule has 0 aliphatic carbocycles. The molecule has 120 valence electrons. The quantitative estimate of drug-likeness (QED) is 0.772. The first-order chi connectivity index (χ1) is 9.79. The Kier molecular flexibility index (Phi) is 6.77. The van der Waals surface area contributed by atoms with Crippen LogP contribution in [0.2, 0.25) is 0 Å². The highest BCUT2D eigenvalue weighted by molar-refractivity contribution is 7.09. The molecule has 5 nitrogen and oxygen atoms in total. The van der Waals surface area contributed by atoms with Gasteiger partial charge in [-0.25, -0.2) is 4.98 Å². The van der Waals surface area contributed by atoms with Gasteiger partial charge in [0.05, 0.1) is 10.7 Å². The van der Waals surface area contributed by atoms with Crippen molar-refractivity contribution in [1.29, 1.82) is 0 Å². The summed E-state index contributed by atoms with van der Waals surface area (Å²) in [5.41, 5.74) is 0.560. The van der Waals surface area contributed by atoms with E-state index in [4.69, 9.17) is 0 Å². The van der Waals surface area contributed by atoms with Crippen LogP contribution in [-0.2, 0) is 10.2 Å². The Morgan fingerprint density at radius 3 is 2.48 bits per heavy atom. The van der Waals surface area contributed by atoms with Gasteiger partial charge in [-0.2, -0.15) is 0 Å². The van der Waals surface area contributed by atoms with Crippen molar-refractivity contribution >= 4 is 17.3 Å². The third-order valence-corrected chi connectivity index (χ3v) is 4.66. The molecule has 0 aliphatic heterocycles. The van der Waals surface area contributed by atoms with Crippen LogP contribution in [0.5, 0.6) is 0 Å². The summed E-state index contributed by atoms with van der Waals surface area (Å²) in [5, 5.41) is 15.3. The molecule has 0 spiro atoms. The molecule has 6 heteroatoms. The minimum Gasteiger partial charge on any atom is -0.480 e. The molecular weight excluding hydrogens is 286 g/mol. The van der Waals surface area contributed by atoms with Gasteiger partial charge < -0.3 is 10.0 Å². The summed E-state index contributed by atoms with van der Waals surface area (Å²) in [6.45, 7) is 13.9. The zero-order valence-electron chi connectivity index (χ0n) is 13.6. The fourth-order valence-corrected chi connectivity index (χ4v) is 2.92. The molecule has 1 atom stereocenters. The Morgan fingerprint density at radius 1 is 1.43 bits per heavy atom. The number of carbonyl (C=O) groups is 1. The summed E-state index contributed by atoms with van der Waals surface area (Å²) < 4.78 is 0. The van der Waals surface area contributed by atoms with Gasteiger partial charge in [-0.1, -0.05) is 34.6 Å². The van der Waals surface area contributed by atoms with Gasteiger partial charge in [-0.3, -0.25) is 10.1 Å². The maximum Gasteiger partial charge on any atom is 0.327 e. The SMILES string of the molecule is CCN(CC)CCNC(C(=O)O)c1csc(C(C)(C)C)n1. The second-order valence-electron chi connectivity index (χ2n) is 6.08. The monoisotopic (exact) mass is 313 g/mol. The van der Waals surface area contributed by atoms with Crippen LogP contribution in [0.25, 0.3) is 0 Å². The molecule has 0 bridgehead atoms. The van der Waals surface area contributed by atoms with Gasteiger partial charge in [-0.15, -0.1) is 11.3 Å². The average Bonchev–Trinajstić information content (AvgIpc) is 2.88. The van der Waals surface area contributed by atoms with E-state index in [1.165, 1.54) is 11.3 Å². The van der Waals surface area contributed by atoms with Crippen LogP contribution >= 0.6 is 11.3 Å². The summed E-state index contributed by atoms with van der Waals surface area (Å²) in [5.74, 6) is -0.875. The Balaban J connectivity index is 2.70. The van der Waals surface area contributed by atoms with E-state index in [0.717, 1.165) is 24.6 Å². The Labute approximate surface area is 131 Å². The minimum atomic E-state index is -0.875. The molecule has 1 aromatic rings. The summed E-state index contributed by atoms with van der Waals surface area (Å²) in [7, 11) is 0. The predicted molar refractivity (Wildman–Crippen MR) is 87.0 cm³/mol. The van der Waals surface area contributed by atoms with Crippen molar-refractivity contribution in [2.24, 2.45) is 0 Å². The van der Waals surface area contributed by atoms with Crippen LogP contribution in [0.4, 0.5) is 0 Å². The average molecular weight is 313 g/mol. The third-order valence-electron chi connectivity index (χ3n) is 3.38. The van der Waals surface area contributed by atoms with Crippen molar-refractivity contribution in [2.75, 3.05) is 26.2 Å². The van der Waals surface area contributed by atoms with Crippen molar-refractivity contribution in [1.82, 2.24) is 15.2 Å². The third kappa shape index (κ3) is 5.37. The predicted octanol–water partition coefficient (Wildman–Crippen LogP) is 2.50. The molecule has 2 N–H and O–H groups in total. The number of nitrogens with one attached hydrogen (secondary N) is 1. The lowest BCUT2D eigenvalue weighted by molar-refractivity contribution is -0.139. The molecular formula is C15H27N3O2S. The smallest absolute Gasteiger partial charge is 0.327 e. The van der Waals surface area contributed by atoms with Gasteiger partial charge in [-0.05, 0) is 13.1 Å². The molecule has 0 amide bonds. The van der Waals surface area contributed by atoms with Crippen LogP contribution in [0.15, 0.2) is 5.38 Å². The largest absolute Gasteiger partial charge is 0.480 e. The second kappa shape index (κ2) is 7.87. The fourth-order valence-electron chi connectivity index (χ4n) is 1.99. The number of thiazole rings is 1. The first-order valence-electron chi connectivity index (χ1n) is 7.44. The first-order valence-corrected chi connectivity index (χ1v) is 8.32. The lowest BCUT2D eigenvalue weighted by Crippen LogP contribution is -2.36. The highest BCUT2D eigenvalue weighted by Gasteiger charge is 2.25. The van der Waals surface area contributed by atoms with Crippen molar-refractivity contribution in [3.63, 3.8) is 0 Å². The van der Waals surface area contributed by atoms with E-state index in [1.54, 1.807) is 0 Å². The van der Waals surface area contributed by atoms with Crippen molar-refractivity contribution < 1.29 is 9.90 Å². The molecule has 1 aromatic heterocycles. The number of rotatable bonds is 8. The molecule has 0 fully saturated rings. The van der Waals surface area contributed by atoms with E-state index in [0.29, 0.717) is 12.2 Å². The number of nitrogens with zero attached hydrogens (tertiary/aromatic N) is 2. The van der Waals surface area contributed by atoms with E-state index < -0.39 is 12.0 Å². The number of carboxylic acids is 1. The van der Waals surface area contributed by atoms with E-state index in [-0.39, 0.29) is 5.41 Å². The van der Waals surface area contributed by atoms with Crippen LogP contribution in [0, 0.1) is 0 Å². The van der Waals surface area contributed by atoms with Gasteiger partial charge in [0, 0.05) is 23.9 Å². The maximum atomic E-state index is 11.5. The maximum absolute atomic E-state index is 11.5. The second-order valence-corrected chi connectivity index (χ2v) is 6.94. The van der Waals surface area contributed by atoms with Gasteiger partial charge in [0.15, 0.2) is 0 Å². The topological polar surface area (TPSA) is 65.5 Å². The van der Waals surface area contributed by atoms with Gasteiger partial charge >= 0.3 is 5.97 Å². The lowest BCUT2D eigenvalue weighted by Gasteiger charge is -2.20. The first kappa shape index (κ1) is 18.1. The molecule has 0 saturated carbocycles.